The first-order chi connectivity index (χ1) is 13.9. The van der Waals surface area contributed by atoms with Gasteiger partial charge < -0.3 is 9.64 Å². The summed E-state index contributed by atoms with van der Waals surface area (Å²) in [7, 11) is -1.41. The number of methoxy groups -OCH3 is 1. The SMILES string of the molecule is COc1ccc(CN2C(=NC(=O)CCC3CCCC3)S[C@@H]3CS(=O)(=O)C[C@@H]32)cc1. The number of aliphatic imine (C=N–C) groups is 1. The number of fused-ring (bicyclic) bond motifs is 1. The second-order valence-electron chi connectivity index (χ2n) is 8.25. The van der Waals surface area contributed by atoms with Gasteiger partial charge in [-0.05, 0) is 30.0 Å². The lowest BCUT2D eigenvalue weighted by molar-refractivity contribution is -0.118. The van der Waals surface area contributed by atoms with Crippen LogP contribution in [0.2, 0.25) is 0 Å². The number of benzene rings is 1. The third-order valence-electron chi connectivity index (χ3n) is 6.15. The van der Waals surface area contributed by atoms with Crippen molar-refractivity contribution >= 4 is 32.7 Å². The number of nitrogens with zero attached hydrogens (tertiary/aromatic N) is 2. The monoisotopic (exact) mass is 436 g/mol. The highest BCUT2D eigenvalue weighted by Crippen LogP contribution is 2.39. The Balaban J connectivity index is 1.48. The summed E-state index contributed by atoms with van der Waals surface area (Å²) in [5.41, 5.74) is 1.04. The maximum atomic E-state index is 12.5. The van der Waals surface area contributed by atoms with Gasteiger partial charge in [-0.3, -0.25) is 4.79 Å². The average Bonchev–Trinajstić information content (AvgIpc) is 3.38. The molecule has 2 saturated heterocycles. The zero-order valence-corrected chi connectivity index (χ0v) is 18.4. The van der Waals surface area contributed by atoms with Crippen LogP contribution in [0.4, 0.5) is 0 Å². The third-order valence-corrected chi connectivity index (χ3v) is 9.40. The number of thioether (sulfide) groups is 1. The largest absolute Gasteiger partial charge is 0.497 e. The Kier molecular flexibility index (Phi) is 6.20. The molecule has 6 nitrogen and oxygen atoms in total. The van der Waals surface area contributed by atoms with E-state index in [-0.39, 0.29) is 28.7 Å². The number of rotatable bonds is 6. The van der Waals surface area contributed by atoms with E-state index < -0.39 is 9.84 Å². The molecule has 1 aromatic rings. The van der Waals surface area contributed by atoms with Crippen LogP contribution in [0.25, 0.3) is 0 Å². The van der Waals surface area contributed by atoms with Gasteiger partial charge in [0.2, 0.25) is 5.91 Å². The molecule has 0 aromatic heterocycles. The zero-order valence-electron chi connectivity index (χ0n) is 16.7. The molecule has 0 bridgehead atoms. The number of amidine groups is 1. The molecule has 1 aromatic carbocycles. The number of sulfone groups is 1. The average molecular weight is 437 g/mol. The molecule has 2 atom stereocenters. The van der Waals surface area contributed by atoms with E-state index >= 15 is 0 Å². The van der Waals surface area contributed by atoms with Crippen LogP contribution in [-0.2, 0) is 21.2 Å². The van der Waals surface area contributed by atoms with Gasteiger partial charge in [-0.25, -0.2) is 8.42 Å². The van der Waals surface area contributed by atoms with Crippen molar-refractivity contribution in [3.05, 3.63) is 29.8 Å². The Morgan fingerprint density at radius 2 is 1.93 bits per heavy atom. The highest BCUT2D eigenvalue weighted by molar-refractivity contribution is 8.15. The molecule has 0 radical (unpaired) electrons. The van der Waals surface area contributed by atoms with Crippen LogP contribution in [0.3, 0.4) is 0 Å². The minimum Gasteiger partial charge on any atom is -0.497 e. The number of carbonyl (C=O) groups is 1. The zero-order chi connectivity index (χ0) is 20.4. The fourth-order valence-corrected chi connectivity index (χ4v) is 8.51. The van der Waals surface area contributed by atoms with Gasteiger partial charge in [0.1, 0.15) is 5.75 Å². The van der Waals surface area contributed by atoms with Crippen LogP contribution >= 0.6 is 11.8 Å². The van der Waals surface area contributed by atoms with Gasteiger partial charge in [0.25, 0.3) is 0 Å². The minimum atomic E-state index is -3.04. The van der Waals surface area contributed by atoms with E-state index in [4.69, 9.17) is 4.74 Å². The van der Waals surface area contributed by atoms with Gasteiger partial charge in [0, 0.05) is 18.2 Å². The topological polar surface area (TPSA) is 76.0 Å². The lowest BCUT2D eigenvalue weighted by Gasteiger charge is -2.24. The van der Waals surface area contributed by atoms with E-state index in [0.717, 1.165) is 17.7 Å². The van der Waals surface area contributed by atoms with Gasteiger partial charge in [0.15, 0.2) is 15.0 Å². The first-order valence-corrected chi connectivity index (χ1v) is 13.0. The van der Waals surface area contributed by atoms with Crippen molar-refractivity contribution < 1.29 is 17.9 Å². The van der Waals surface area contributed by atoms with Crippen LogP contribution in [0.5, 0.6) is 5.75 Å². The molecular weight excluding hydrogens is 408 g/mol. The van der Waals surface area contributed by atoms with Gasteiger partial charge in [0.05, 0.1) is 24.7 Å². The molecule has 29 heavy (non-hydrogen) atoms. The molecule has 2 heterocycles. The number of amides is 1. The normalized spacial score (nSPS) is 27.5. The maximum absolute atomic E-state index is 12.5. The number of ether oxygens (including phenoxy) is 1. The molecule has 0 N–H and O–H groups in total. The Morgan fingerprint density at radius 3 is 2.62 bits per heavy atom. The van der Waals surface area contributed by atoms with E-state index in [9.17, 15) is 13.2 Å². The highest BCUT2D eigenvalue weighted by atomic mass is 32.2. The lowest BCUT2D eigenvalue weighted by atomic mass is 10.0. The minimum absolute atomic E-state index is 0.0420. The molecule has 1 aliphatic carbocycles. The van der Waals surface area contributed by atoms with E-state index in [1.165, 1.54) is 37.4 Å². The molecule has 0 unspecified atom stereocenters. The molecular formula is C21H28N2O4S2. The molecule has 8 heteroatoms. The number of hydrogen-bond acceptors (Lipinski definition) is 5. The second-order valence-corrected chi connectivity index (χ2v) is 11.6. The number of hydrogen-bond donors (Lipinski definition) is 0. The van der Waals surface area contributed by atoms with Crippen LogP contribution < -0.4 is 4.74 Å². The summed E-state index contributed by atoms with van der Waals surface area (Å²) in [6.07, 6.45) is 6.40. The fourth-order valence-electron chi connectivity index (χ4n) is 4.54. The van der Waals surface area contributed by atoms with Crippen molar-refractivity contribution in [2.24, 2.45) is 10.9 Å². The Bertz CT molecular complexity index is 876. The van der Waals surface area contributed by atoms with Crippen LogP contribution in [0, 0.1) is 5.92 Å². The molecule has 3 fully saturated rings. The molecule has 4 rings (SSSR count). The Morgan fingerprint density at radius 1 is 1.21 bits per heavy atom. The highest BCUT2D eigenvalue weighted by Gasteiger charge is 2.48. The number of carbonyl (C=O) groups excluding carboxylic acids is 1. The van der Waals surface area contributed by atoms with Crippen molar-refractivity contribution in [2.45, 2.75) is 56.4 Å². The maximum Gasteiger partial charge on any atom is 0.248 e. The predicted molar refractivity (Wildman–Crippen MR) is 116 cm³/mol. The molecule has 3 aliphatic rings. The summed E-state index contributed by atoms with van der Waals surface area (Å²) in [4.78, 5) is 19.0. The van der Waals surface area contributed by atoms with Crippen molar-refractivity contribution in [3.8, 4) is 5.75 Å². The Hall–Kier alpha value is -1.54. The van der Waals surface area contributed by atoms with E-state index in [1.807, 2.05) is 29.2 Å². The van der Waals surface area contributed by atoms with Crippen molar-refractivity contribution in [1.29, 1.82) is 0 Å². The second kappa shape index (κ2) is 8.68. The predicted octanol–water partition coefficient (Wildman–Crippen LogP) is 3.26. The molecule has 158 valence electrons. The van der Waals surface area contributed by atoms with E-state index in [0.29, 0.717) is 24.1 Å². The van der Waals surface area contributed by atoms with Gasteiger partial charge in [-0.15, -0.1) is 0 Å². The van der Waals surface area contributed by atoms with Gasteiger partial charge >= 0.3 is 0 Å². The molecule has 2 aliphatic heterocycles. The summed E-state index contributed by atoms with van der Waals surface area (Å²) in [5, 5.41) is 0.641. The quantitative estimate of drug-likeness (QED) is 0.681. The third kappa shape index (κ3) is 4.97. The summed E-state index contributed by atoms with van der Waals surface area (Å²) in [6, 6.07) is 7.61. The first kappa shape index (κ1) is 20.7. The van der Waals surface area contributed by atoms with Gasteiger partial charge in [-0.1, -0.05) is 49.6 Å². The van der Waals surface area contributed by atoms with Crippen LogP contribution in [-0.4, -0.2) is 54.3 Å². The van der Waals surface area contributed by atoms with Crippen LogP contribution in [0.1, 0.15) is 44.1 Å². The van der Waals surface area contributed by atoms with Crippen molar-refractivity contribution in [1.82, 2.24) is 4.90 Å². The van der Waals surface area contributed by atoms with Gasteiger partial charge in [-0.2, -0.15) is 4.99 Å². The summed E-state index contributed by atoms with van der Waals surface area (Å²) in [5.74, 6) is 1.66. The Labute approximate surface area is 177 Å². The smallest absolute Gasteiger partial charge is 0.248 e. The first-order valence-electron chi connectivity index (χ1n) is 10.3. The molecule has 0 spiro atoms. The summed E-state index contributed by atoms with van der Waals surface area (Å²) in [6.45, 7) is 0.544. The van der Waals surface area contributed by atoms with E-state index in [1.54, 1.807) is 7.11 Å². The van der Waals surface area contributed by atoms with E-state index in [2.05, 4.69) is 4.99 Å². The van der Waals surface area contributed by atoms with Crippen molar-refractivity contribution in [3.63, 3.8) is 0 Å². The lowest BCUT2D eigenvalue weighted by Crippen LogP contribution is -2.37. The molecule has 1 saturated carbocycles. The fraction of sp³-hybridized carbons (Fsp3) is 0.619. The molecule has 1 amide bonds. The standard InChI is InChI=1S/C21H28N2O4S2/c1-27-17-9-6-16(7-10-17)12-23-18-13-29(25,26)14-19(18)28-21(23)22-20(24)11-8-15-4-2-3-5-15/h6-7,9-10,15,18-19H,2-5,8,11-14H2,1H3/t18-,19+/m0/s1. The van der Waals surface area contributed by atoms with Crippen LogP contribution in [0.15, 0.2) is 29.3 Å². The summed E-state index contributed by atoms with van der Waals surface area (Å²) < 4.78 is 29.5. The van der Waals surface area contributed by atoms with Crippen molar-refractivity contribution in [2.75, 3.05) is 18.6 Å². The summed E-state index contributed by atoms with van der Waals surface area (Å²) >= 11 is 1.46.